The van der Waals surface area contributed by atoms with Crippen molar-refractivity contribution in [2.45, 2.75) is 55.4 Å². The van der Waals surface area contributed by atoms with Gasteiger partial charge in [-0.2, -0.15) is 0 Å². The van der Waals surface area contributed by atoms with Crippen molar-refractivity contribution < 1.29 is 23.3 Å². The molecule has 0 saturated carbocycles. The molecule has 0 rings (SSSR count). The third-order valence-corrected chi connectivity index (χ3v) is 5.37. The molecule has 0 aromatic rings. The average Bonchev–Trinajstić information content (AvgIpc) is 2.53. The van der Waals surface area contributed by atoms with E-state index in [0.717, 1.165) is 0 Å². The summed E-state index contributed by atoms with van der Waals surface area (Å²) in [5.74, 6) is 0. The number of nitrogens with zero attached hydrogens (tertiary/aromatic N) is 2. The minimum atomic E-state index is -3.37. The highest BCUT2D eigenvalue weighted by Crippen LogP contribution is 2.03. The van der Waals surface area contributed by atoms with Crippen LogP contribution in [0.15, 0.2) is 0 Å². The lowest BCUT2D eigenvalue weighted by atomic mass is 10.3. The second kappa shape index (κ2) is 15.8. The van der Waals surface area contributed by atoms with Crippen LogP contribution in [-0.2, 0) is 4.57 Å². The van der Waals surface area contributed by atoms with Gasteiger partial charge < -0.3 is 18.8 Å². The molecule has 0 aromatic carbocycles. The van der Waals surface area contributed by atoms with Crippen LogP contribution >= 0.6 is 8.25 Å². The smallest absolute Gasteiger partial charge is 0.276 e. The van der Waals surface area contributed by atoms with Crippen molar-refractivity contribution in [2.75, 3.05) is 52.4 Å². The van der Waals surface area contributed by atoms with Crippen LogP contribution in [0.25, 0.3) is 0 Å². The van der Waals surface area contributed by atoms with E-state index in [9.17, 15) is 0 Å². The van der Waals surface area contributed by atoms with E-state index in [0.29, 0.717) is 0 Å². The molecule has 0 heterocycles. The Balaban J connectivity index is -0.000000266. The fraction of sp³-hybridized carbons (Fsp3) is 1.00. The highest BCUT2D eigenvalue weighted by atomic mass is 31.1. The highest BCUT2D eigenvalue weighted by molar-refractivity contribution is 7.27. The molecular formula is C16H40N2O3P+. The van der Waals surface area contributed by atoms with Gasteiger partial charge in [0.2, 0.25) is 0 Å². The van der Waals surface area contributed by atoms with Gasteiger partial charge in [-0.25, -0.2) is 0 Å². The van der Waals surface area contributed by atoms with Crippen LogP contribution in [0.1, 0.15) is 55.4 Å². The van der Waals surface area contributed by atoms with Gasteiger partial charge in [-0.1, -0.05) is 4.57 Å². The Kier molecular flexibility index (Phi) is 19.3. The third-order valence-electron chi connectivity index (χ3n) is 5.37. The summed E-state index contributed by atoms with van der Waals surface area (Å²) < 4.78 is 11.0. The summed E-state index contributed by atoms with van der Waals surface area (Å²) in [6.07, 6.45) is 0. The fourth-order valence-corrected chi connectivity index (χ4v) is 2.68. The van der Waals surface area contributed by atoms with E-state index in [1.807, 2.05) is 0 Å². The van der Waals surface area contributed by atoms with E-state index < -0.39 is 8.25 Å². The van der Waals surface area contributed by atoms with Crippen molar-refractivity contribution in [1.29, 1.82) is 0 Å². The van der Waals surface area contributed by atoms with E-state index in [2.05, 4.69) is 55.4 Å². The molecule has 0 bridgehead atoms. The normalized spacial score (nSPS) is 11.0. The Hall–Kier alpha value is -0.0600. The summed E-state index contributed by atoms with van der Waals surface area (Å²) in [5, 5.41) is 0. The summed E-state index contributed by atoms with van der Waals surface area (Å²) in [7, 11) is -3.37. The predicted octanol–water partition coefficient (Wildman–Crippen LogP) is 2.13. The van der Waals surface area contributed by atoms with Gasteiger partial charge in [-0.05, 0) is 55.4 Å². The average molecular weight is 339 g/mol. The molecule has 0 aliphatic rings. The molecule has 6 heteroatoms. The van der Waals surface area contributed by atoms with Crippen molar-refractivity contribution >= 4 is 8.25 Å². The van der Waals surface area contributed by atoms with Crippen LogP contribution in [0.5, 0.6) is 0 Å². The van der Waals surface area contributed by atoms with Crippen LogP contribution in [0.4, 0.5) is 0 Å². The maximum atomic E-state index is 8.48. The van der Waals surface area contributed by atoms with E-state index in [1.165, 1.54) is 61.3 Å². The van der Waals surface area contributed by atoms with Gasteiger partial charge >= 0.3 is 0 Å². The Bertz CT molecular complexity index is 197. The van der Waals surface area contributed by atoms with E-state index >= 15 is 0 Å². The first-order valence-corrected chi connectivity index (χ1v) is 9.83. The first-order chi connectivity index (χ1) is 10.2. The molecule has 0 spiro atoms. The maximum absolute atomic E-state index is 8.48. The molecule has 0 unspecified atom stereocenters. The Labute approximate surface area is 140 Å². The summed E-state index contributed by atoms with van der Waals surface area (Å²) >= 11 is 0. The molecule has 0 aromatic heterocycles. The van der Waals surface area contributed by atoms with Crippen LogP contribution in [0.2, 0.25) is 0 Å². The molecule has 0 amide bonds. The molecule has 0 N–H and O–H groups in total. The third kappa shape index (κ3) is 12.5. The van der Waals surface area contributed by atoms with Crippen LogP contribution in [0.3, 0.4) is 0 Å². The molecule has 0 atom stereocenters. The molecule has 0 aliphatic carbocycles. The molecule has 22 heavy (non-hydrogen) atoms. The predicted molar refractivity (Wildman–Crippen MR) is 92.5 cm³/mol. The maximum Gasteiger partial charge on any atom is 0.276 e. The van der Waals surface area contributed by atoms with Crippen molar-refractivity contribution in [1.82, 2.24) is 0 Å². The second-order valence-corrected chi connectivity index (χ2v) is 5.88. The number of rotatable bonds is 8. The molecular weight excluding hydrogens is 299 g/mol. The van der Waals surface area contributed by atoms with Crippen LogP contribution in [-0.4, -0.2) is 61.3 Å². The molecule has 0 aliphatic heterocycles. The van der Waals surface area contributed by atoms with Gasteiger partial charge in [0.25, 0.3) is 8.25 Å². The van der Waals surface area contributed by atoms with Crippen molar-refractivity contribution in [3.63, 3.8) is 0 Å². The minimum Gasteiger partial charge on any atom is -0.598 e. The zero-order valence-corrected chi connectivity index (χ0v) is 17.1. The first-order valence-electron chi connectivity index (χ1n) is 8.73. The zero-order valence-electron chi connectivity index (χ0n) is 16.2. The van der Waals surface area contributed by atoms with E-state index in [4.69, 9.17) is 14.4 Å². The first kappa shape index (κ1) is 26.8. The highest BCUT2D eigenvalue weighted by Gasteiger charge is 2.16. The zero-order chi connectivity index (χ0) is 18.2. The lowest BCUT2D eigenvalue weighted by molar-refractivity contribution is -0.921. The molecule has 0 fully saturated rings. The second-order valence-electron chi connectivity index (χ2n) is 5.44. The van der Waals surface area contributed by atoms with Crippen molar-refractivity contribution in [2.24, 2.45) is 0 Å². The van der Waals surface area contributed by atoms with Gasteiger partial charge in [0.15, 0.2) is 0 Å². The Morgan fingerprint density at radius 2 is 0.636 bits per heavy atom. The standard InChI is InChI=1S/2C8H20N.HO3P/c2*1-5-9(6-2,7-3)8-4;1-4(2)3/h2*5-8H2,1-4H3;(H,1,2,3)/q2*+1;/p-1. The van der Waals surface area contributed by atoms with Gasteiger partial charge in [0.05, 0.1) is 52.4 Å². The largest absolute Gasteiger partial charge is 0.598 e. The lowest BCUT2D eigenvalue weighted by Crippen LogP contribution is -2.47. The summed E-state index contributed by atoms with van der Waals surface area (Å²) in [4.78, 5) is 17.0. The number of hydrogen-bond acceptors (Lipinski definition) is 3. The minimum absolute atomic E-state index is 1.28. The summed E-state index contributed by atoms with van der Waals surface area (Å²) in [6, 6.07) is 0. The van der Waals surface area contributed by atoms with Gasteiger partial charge in [-0.15, -0.1) is 0 Å². The summed E-state index contributed by atoms with van der Waals surface area (Å²) in [6.45, 7) is 28.4. The van der Waals surface area contributed by atoms with Crippen LogP contribution in [0, 0.1) is 0 Å². The fourth-order valence-electron chi connectivity index (χ4n) is 2.68. The van der Waals surface area contributed by atoms with Gasteiger partial charge in [0.1, 0.15) is 0 Å². The topological polar surface area (TPSA) is 63.2 Å². The van der Waals surface area contributed by atoms with Gasteiger partial charge in [0, 0.05) is 0 Å². The quantitative estimate of drug-likeness (QED) is 0.503. The monoisotopic (exact) mass is 339 g/mol. The van der Waals surface area contributed by atoms with E-state index in [1.54, 1.807) is 0 Å². The molecule has 5 nitrogen and oxygen atoms in total. The molecule has 0 radical (unpaired) electrons. The summed E-state index contributed by atoms with van der Waals surface area (Å²) in [5.41, 5.74) is 0. The van der Waals surface area contributed by atoms with Crippen LogP contribution < -0.4 is 9.79 Å². The van der Waals surface area contributed by atoms with Gasteiger partial charge in [-0.3, -0.25) is 0 Å². The Morgan fingerprint density at radius 1 is 0.545 bits per heavy atom. The van der Waals surface area contributed by atoms with Crippen molar-refractivity contribution in [3.05, 3.63) is 0 Å². The Morgan fingerprint density at radius 3 is 0.636 bits per heavy atom. The molecule has 0 saturated heterocycles. The van der Waals surface area contributed by atoms with E-state index in [-0.39, 0.29) is 0 Å². The SMILES string of the molecule is CC[N+](CC)(CC)CC.CC[N+](CC)(CC)CC.O=[P+]([O-])[O-]. The number of quaternary nitrogens is 2. The van der Waals surface area contributed by atoms with Crippen molar-refractivity contribution in [3.8, 4) is 0 Å². The number of hydrogen-bond donors (Lipinski definition) is 0. The molecule has 136 valence electrons. The lowest BCUT2D eigenvalue weighted by Gasteiger charge is -2.34.